The summed E-state index contributed by atoms with van der Waals surface area (Å²) in [6.07, 6.45) is 3.77. The summed E-state index contributed by atoms with van der Waals surface area (Å²) in [5.74, 6) is 1.45. The molecular weight excluding hydrogens is 280 g/mol. The van der Waals surface area contributed by atoms with Crippen molar-refractivity contribution in [3.05, 3.63) is 28.6 Å². The molecule has 0 unspecified atom stereocenters. The van der Waals surface area contributed by atoms with Gasteiger partial charge >= 0.3 is 0 Å². The van der Waals surface area contributed by atoms with Crippen molar-refractivity contribution in [3.63, 3.8) is 0 Å². The van der Waals surface area contributed by atoms with Crippen LogP contribution in [0.5, 0.6) is 5.75 Å². The van der Waals surface area contributed by atoms with Gasteiger partial charge in [-0.1, -0.05) is 6.42 Å². The first-order valence-corrected chi connectivity index (χ1v) is 6.58. The lowest BCUT2D eigenvalue weighted by molar-refractivity contribution is 0.410. The Balaban J connectivity index is 2.22. The van der Waals surface area contributed by atoms with Crippen molar-refractivity contribution in [1.82, 2.24) is 9.97 Å². The zero-order valence-corrected chi connectivity index (χ0v) is 11.2. The molecule has 1 aromatic heterocycles. The summed E-state index contributed by atoms with van der Waals surface area (Å²) in [4.78, 5) is 8.95. The molecule has 3 rings (SSSR count). The van der Waals surface area contributed by atoms with Crippen molar-refractivity contribution in [3.8, 4) is 5.75 Å². The SMILES string of the molecule is COc1ccc2nc(Br)nc(C3CCC3)c2c1. The summed E-state index contributed by atoms with van der Waals surface area (Å²) in [7, 11) is 1.68. The van der Waals surface area contributed by atoms with E-state index in [0.717, 1.165) is 22.3 Å². The fourth-order valence-electron chi connectivity index (χ4n) is 2.22. The first kappa shape index (κ1) is 11.0. The van der Waals surface area contributed by atoms with E-state index in [1.807, 2.05) is 18.2 Å². The van der Waals surface area contributed by atoms with Crippen LogP contribution in [0.2, 0.25) is 0 Å². The molecule has 0 bridgehead atoms. The van der Waals surface area contributed by atoms with Gasteiger partial charge in [-0.3, -0.25) is 0 Å². The smallest absolute Gasteiger partial charge is 0.197 e. The van der Waals surface area contributed by atoms with E-state index in [-0.39, 0.29) is 0 Å². The lowest BCUT2D eigenvalue weighted by atomic mass is 9.81. The Morgan fingerprint density at radius 3 is 2.76 bits per heavy atom. The summed E-state index contributed by atoms with van der Waals surface area (Å²) < 4.78 is 5.95. The van der Waals surface area contributed by atoms with Crippen LogP contribution in [-0.2, 0) is 0 Å². The van der Waals surface area contributed by atoms with Crippen molar-refractivity contribution < 1.29 is 4.74 Å². The van der Waals surface area contributed by atoms with Crippen LogP contribution in [0.25, 0.3) is 10.9 Å². The van der Waals surface area contributed by atoms with Gasteiger partial charge in [0.15, 0.2) is 4.73 Å². The van der Waals surface area contributed by atoms with Crippen molar-refractivity contribution in [2.75, 3.05) is 7.11 Å². The van der Waals surface area contributed by atoms with E-state index < -0.39 is 0 Å². The van der Waals surface area contributed by atoms with Crippen molar-refractivity contribution >= 4 is 26.8 Å². The Kier molecular flexibility index (Phi) is 2.74. The summed E-state index contributed by atoms with van der Waals surface area (Å²) in [6, 6.07) is 5.96. The molecule has 0 N–H and O–H groups in total. The maximum Gasteiger partial charge on any atom is 0.197 e. The van der Waals surface area contributed by atoms with E-state index in [9.17, 15) is 0 Å². The second kappa shape index (κ2) is 4.26. The quantitative estimate of drug-likeness (QED) is 0.792. The molecule has 1 aromatic carbocycles. The third kappa shape index (κ3) is 1.90. The zero-order chi connectivity index (χ0) is 11.8. The maximum atomic E-state index is 5.27. The van der Waals surface area contributed by atoms with Crippen LogP contribution < -0.4 is 4.74 Å². The summed E-state index contributed by atoms with van der Waals surface area (Å²) in [6.45, 7) is 0. The highest BCUT2D eigenvalue weighted by atomic mass is 79.9. The molecule has 0 amide bonds. The molecule has 0 radical (unpaired) electrons. The molecule has 88 valence electrons. The second-order valence-electron chi connectivity index (χ2n) is 4.39. The van der Waals surface area contributed by atoms with Crippen molar-refractivity contribution in [2.45, 2.75) is 25.2 Å². The zero-order valence-electron chi connectivity index (χ0n) is 9.61. The highest BCUT2D eigenvalue weighted by Gasteiger charge is 2.23. The number of rotatable bonds is 2. The Morgan fingerprint density at radius 1 is 1.29 bits per heavy atom. The lowest BCUT2D eigenvalue weighted by Crippen LogP contribution is -2.12. The number of halogens is 1. The highest BCUT2D eigenvalue weighted by Crippen LogP contribution is 2.39. The van der Waals surface area contributed by atoms with Crippen molar-refractivity contribution in [2.24, 2.45) is 0 Å². The number of aromatic nitrogens is 2. The molecule has 0 aliphatic heterocycles. The van der Waals surface area contributed by atoms with Crippen LogP contribution in [-0.4, -0.2) is 17.1 Å². The molecule has 4 heteroatoms. The minimum Gasteiger partial charge on any atom is -0.497 e. The van der Waals surface area contributed by atoms with Gasteiger partial charge in [-0.25, -0.2) is 9.97 Å². The Bertz CT molecular complexity index is 567. The molecule has 17 heavy (non-hydrogen) atoms. The van der Waals surface area contributed by atoms with Gasteiger partial charge in [0.25, 0.3) is 0 Å². The van der Waals surface area contributed by atoms with Crippen LogP contribution in [0.15, 0.2) is 22.9 Å². The maximum absolute atomic E-state index is 5.27. The van der Waals surface area contributed by atoms with Gasteiger partial charge in [0, 0.05) is 11.3 Å². The first-order chi connectivity index (χ1) is 8.28. The Hall–Kier alpha value is -1.16. The normalized spacial score (nSPS) is 15.9. The minimum atomic E-state index is 0.587. The topological polar surface area (TPSA) is 35.0 Å². The molecule has 2 aromatic rings. The molecule has 0 atom stereocenters. The first-order valence-electron chi connectivity index (χ1n) is 5.79. The third-order valence-corrected chi connectivity index (χ3v) is 3.75. The lowest BCUT2D eigenvalue weighted by Gasteiger charge is -2.25. The molecule has 1 aliphatic carbocycles. The summed E-state index contributed by atoms with van der Waals surface area (Å²) in [5, 5.41) is 1.12. The van der Waals surface area contributed by atoms with E-state index in [2.05, 4.69) is 25.9 Å². The van der Waals surface area contributed by atoms with Gasteiger partial charge in [0.1, 0.15) is 5.75 Å². The van der Waals surface area contributed by atoms with Crippen LogP contribution in [0.1, 0.15) is 30.9 Å². The molecular formula is C13H13BrN2O. The fourth-order valence-corrected chi connectivity index (χ4v) is 2.60. The number of ether oxygens (including phenoxy) is 1. The number of nitrogens with zero attached hydrogens (tertiary/aromatic N) is 2. The summed E-state index contributed by atoms with van der Waals surface area (Å²) >= 11 is 3.39. The molecule has 1 heterocycles. The summed E-state index contributed by atoms with van der Waals surface area (Å²) in [5.41, 5.74) is 2.14. The van der Waals surface area contributed by atoms with E-state index in [1.165, 1.54) is 19.3 Å². The molecule has 1 saturated carbocycles. The predicted octanol–water partition coefficient (Wildman–Crippen LogP) is 3.67. The van der Waals surface area contributed by atoms with Gasteiger partial charge in [-0.15, -0.1) is 0 Å². The van der Waals surface area contributed by atoms with Gasteiger partial charge in [0.05, 0.1) is 18.3 Å². The number of fused-ring (bicyclic) bond motifs is 1. The average Bonchev–Trinajstić information content (AvgIpc) is 2.26. The Morgan fingerprint density at radius 2 is 2.12 bits per heavy atom. The number of benzene rings is 1. The van der Waals surface area contributed by atoms with Gasteiger partial charge in [-0.05, 0) is 47.0 Å². The van der Waals surface area contributed by atoms with Gasteiger partial charge < -0.3 is 4.74 Å². The molecule has 3 nitrogen and oxygen atoms in total. The third-order valence-electron chi connectivity index (χ3n) is 3.40. The van der Waals surface area contributed by atoms with Crippen LogP contribution in [0.4, 0.5) is 0 Å². The second-order valence-corrected chi connectivity index (χ2v) is 5.10. The van der Waals surface area contributed by atoms with Crippen molar-refractivity contribution in [1.29, 1.82) is 0 Å². The molecule has 1 aliphatic rings. The van der Waals surface area contributed by atoms with E-state index in [0.29, 0.717) is 10.7 Å². The van der Waals surface area contributed by atoms with E-state index in [1.54, 1.807) is 7.11 Å². The predicted molar refractivity (Wildman–Crippen MR) is 70.4 cm³/mol. The largest absolute Gasteiger partial charge is 0.497 e. The number of hydrogen-bond acceptors (Lipinski definition) is 3. The van der Waals surface area contributed by atoms with Gasteiger partial charge in [-0.2, -0.15) is 0 Å². The van der Waals surface area contributed by atoms with Crippen LogP contribution in [0, 0.1) is 0 Å². The fraction of sp³-hybridized carbons (Fsp3) is 0.385. The minimum absolute atomic E-state index is 0.587. The van der Waals surface area contributed by atoms with Crippen LogP contribution >= 0.6 is 15.9 Å². The van der Waals surface area contributed by atoms with E-state index in [4.69, 9.17) is 4.74 Å². The van der Waals surface area contributed by atoms with E-state index >= 15 is 0 Å². The number of methoxy groups -OCH3 is 1. The van der Waals surface area contributed by atoms with Gasteiger partial charge in [0.2, 0.25) is 0 Å². The average molecular weight is 293 g/mol. The highest BCUT2D eigenvalue weighted by molar-refractivity contribution is 9.10. The number of hydrogen-bond donors (Lipinski definition) is 0. The molecule has 0 saturated heterocycles. The van der Waals surface area contributed by atoms with Crippen LogP contribution in [0.3, 0.4) is 0 Å². The molecule has 1 fully saturated rings. The monoisotopic (exact) mass is 292 g/mol. The standard InChI is InChI=1S/C13H13BrN2O/c1-17-9-5-6-11-10(7-9)12(8-3-2-4-8)16-13(14)15-11/h5-8H,2-4H2,1H3. The Labute approximate surface area is 108 Å². The molecule has 0 spiro atoms.